The molecule has 0 heterocycles. The maximum Gasteiger partial charge on any atom is 0.122 e. The van der Waals surface area contributed by atoms with E-state index >= 15 is 0 Å². The van der Waals surface area contributed by atoms with Gasteiger partial charge in [-0.3, -0.25) is 0 Å². The molecule has 250 valence electrons. The molecule has 0 bridgehead atoms. The first-order valence-corrected chi connectivity index (χ1v) is 22.6. The first kappa shape index (κ1) is 39.7. The average molecular weight is 625 g/mol. The number of aryl methyl sites for hydroxylation is 1. The average Bonchev–Trinajstić information content (AvgIpc) is 2.98. The van der Waals surface area contributed by atoms with Gasteiger partial charge in [-0.1, -0.05) is 155 Å². The van der Waals surface area contributed by atoms with Gasteiger partial charge in [0.2, 0.25) is 0 Å². The topological polar surface area (TPSA) is 20.2 Å². The van der Waals surface area contributed by atoms with Crippen LogP contribution in [0.1, 0.15) is 186 Å². The van der Waals surface area contributed by atoms with E-state index < -0.39 is 0 Å². The number of unbranched alkanes of at least 4 members (excludes halogenated alkanes) is 18. The molecule has 0 aliphatic heterocycles. The van der Waals surface area contributed by atoms with Crippen molar-refractivity contribution in [1.82, 2.24) is 0 Å². The van der Waals surface area contributed by atoms with Crippen molar-refractivity contribution in [3.8, 4) is 5.75 Å². The Morgan fingerprint density at radius 1 is 0.452 bits per heavy atom. The molecule has 0 radical (unpaired) electrons. The van der Waals surface area contributed by atoms with Crippen molar-refractivity contribution in [2.75, 3.05) is 23.0 Å². The van der Waals surface area contributed by atoms with E-state index in [0.29, 0.717) is 5.75 Å². The lowest BCUT2D eigenvalue weighted by molar-refractivity contribution is 0.466. The largest absolute Gasteiger partial charge is 0.507 e. The van der Waals surface area contributed by atoms with E-state index in [1.54, 1.807) is 0 Å². The van der Waals surface area contributed by atoms with E-state index in [1.807, 2.05) is 0 Å². The minimum Gasteiger partial charge on any atom is -0.507 e. The van der Waals surface area contributed by atoms with Gasteiger partial charge >= 0.3 is 0 Å². The highest BCUT2D eigenvalue weighted by molar-refractivity contribution is 8.16. The monoisotopic (exact) mass is 625 g/mol. The van der Waals surface area contributed by atoms with Gasteiger partial charge in [-0.15, -0.1) is 0 Å². The number of hydrogen-bond donors (Lipinski definition) is 3. The standard InChI is InChI=1S/C39H76OS2/c1-6-10-14-16-18-20-22-24-26-30-41(28-12-8-3)34-37-32-36(5)39(40)38(33-37)35-42(29-13-9-4)31-27-25-23-21-19-17-15-11-7-2/h32-33,40-42H,6-31,34-35H2,1-5H3. The second-order valence-corrected chi connectivity index (χ2v) is 18.4. The minimum atomic E-state index is -0.0215. The lowest BCUT2D eigenvalue weighted by atomic mass is 10.1. The van der Waals surface area contributed by atoms with Gasteiger partial charge in [0.15, 0.2) is 0 Å². The number of thiol groups is 2. The van der Waals surface area contributed by atoms with Crippen molar-refractivity contribution >= 4 is 21.8 Å². The van der Waals surface area contributed by atoms with E-state index in [2.05, 4.69) is 46.8 Å². The third-order valence-electron chi connectivity index (χ3n) is 9.05. The van der Waals surface area contributed by atoms with Gasteiger partial charge in [-0.25, -0.2) is 21.8 Å². The fourth-order valence-corrected chi connectivity index (χ4v) is 11.6. The number of phenols is 1. The summed E-state index contributed by atoms with van der Waals surface area (Å²) < 4.78 is 0. The van der Waals surface area contributed by atoms with E-state index in [0.717, 1.165) is 11.3 Å². The highest BCUT2D eigenvalue weighted by atomic mass is 32.2. The first-order chi connectivity index (χ1) is 20.5. The Hall–Kier alpha value is -0.280. The molecule has 0 saturated carbocycles. The molecule has 0 amide bonds. The number of rotatable bonds is 30. The Kier molecular flexibility index (Phi) is 26.7. The van der Waals surface area contributed by atoms with E-state index in [-0.39, 0.29) is 21.8 Å². The highest BCUT2D eigenvalue weighted by Crippen LogP contribution is 2.40. The van der Waals surface area contributed by atoms with Crippen LogP contribution in [-0.4, -0.2) is 28.1 Å². The second-order valence-electron chi connectivity index (χ2n) is 13.3. The zero-order chi connectivity index (χ0) is 30.7. The zero-order valence-corrected chi connectivity index (χ0v) is 31.1. The molecular weight excluding hydrogens is 549 g/mol. The molecule has 1 aromatic carbocycles. The molecule has 0 aliphatic rings. The molecule has 2 unspecified atom stereocenters. The van der Waals surface area contributed by atoms with Gasteiger partial charge in [0.25, 0.3) is 0 Å². The highest BCUT2D eigenvalue weighted by Gasteiger charge is 2.14. The van der Waals surface area contributed by atoms with E-state index in [1.165, 1.54) is 181 Å². The van der Waals surface area contributed by atoms with E-state index in [4.69, 9.17) is 0 Å². The van der Waals surface area contributed by atoms with Crippen LogP contribution >= 0.6 is 21.8 Å². The molecule has 2 atom stereocenters. The summed E-state index contributed by atoms with van der Waals surface area (Å²) in [5.41, 5.74) is 3.91. The van der Waals surface area contributed by atoms with Crippen molar-refractivity contribution in [3.05, 3.63) is 28.8 Å². The molecule has 0 fully saturated rings. The van der Waals surface area contributed by atoms with Crippen LogP contribution in [0, 0.1) is 6.92 Å². The lowest BCUT2D eigenvalue weighted by Gasteiger charge is -2.25. The number of aromatic hydroxyl groups is 1. The van der Waals surface area contributed by atoms with Crippen LogP contribution in [0.2, 0.25) is 0 Å². The predicted molar refractivity (Wildman–Crippen MR) is 202 cm³/mol. The van der Waals surface area contributed by atoms with Crippen molar-refractivity contribution in [1.29, 1.82) is 0 Å². The van der Waals surface area contributed by atoms with Crippen molar-refractivity contribution < 1.29 is 5.11 Å². The lowest BCUT2D eigenvalue weighted by Crippen LogP contribution is -2.03. The maximum absolute atomic E-state index is 11.1. The van der Waals surface area contributed by atoms with Crippen LogP contribution in [0.5, 0.6) is 5.75 Å². The molecule has 1 N–H and O–H groups in total. The minimum absolute atomic E-state index is 0.0215. The number of hydrogen-bond acceptors (Lipinski definition) is 1. The third-order valence-corrected chi connectivity index (χ3v) is 14.4. The SMILES string of the molecule is CCCCCCCCCCC[SH](CCCC)Cc1cc(C)c(O)c(C[SH](CCCC)CCCCCCCCCCC)c1. The predicted octanol–water partition coefficient (Wildman–Crippen LogP) is 13.4. The Bertz CT molecular complexity index is 733. The Balaban J connectivity index is 2.63. The van der Waals surface area contributed by atoms with Crippen LogP contribution in [0.4, 0.5) is 0 Å². The number of phenolic OH excluding ortho intramolecular Hbond substituents is 1. The van der Waals surface area contributed by atoms with Crippen LogP contribution in [0.25, 0.3) is 0 Å². The van der Waals surface area contributed by atoms with Gasteiger partial charge in [0, 0.05) is 17.1 Å². The Morgan fingerprint density at radius 2 is 0.810 bits per heavy atom. The molecule has 1 nitrogen and oxygen atoms in total. The fraction of sp³-hybridized carbons (Fsp3) is 0.846. The molecule has 0 spiro atoms. The van der Waals surface area contributed by atoms with Crippen molar-refractivity contribution in [3.63, 3.8) is 0 Å². The summed E-state index contributed by atoms with van der Waals surface area (Å²) in [6, 6.07) is 4.77. The van der Waals surface area contributed by atoms with Gasteiger partial charge < -0.3 is 5.11 Å². The van der Waals surface area contributed by atoms with Crippen LogP contribution < -0.4 is 0 Å². The van der Waals surface area contributed by atoms with Gasteiger partial charge in [0.05, 0.1) is 0 Å². The second kappa shape index (κ2) is 28.2. The molecule has 42 heavy (non-hydrogen) atoms. The van der Waals surface area contributed by atoms with Gasteiger partial charge in [-0.05, 0) is 66.7 Å². The fourth-order valence-electron chi connectivity index (χ4n) is 6.24. The Labute approximate surface area is 270 Å². The quantitative estimate of drug-likeness (QED) is 0.0574. The summed E-state index contributed by atoms with van der Waals surface area (Å²) >= 11 is 0. The van der Waals surface area contributed by atoms with Crippen LogP contribution in [0.15, 0.2) is 12.1 Å². The summed E-state index contributed by atoms with van der Waals surface area (Å²) in [5, 5.41) is 11.1. The summed E-state index contributed by atoms with van der Waals surface area (Å²) in [5.74, 6) is 8.67. The maximum atomic E-state index is 11.1. The summed E-state index contributed by atoms with van der Waals surface area (Å²) in [6.45, 7) is 11.4. The molecule has 0 saturated heterocycles. The molecular formula is C39H76OS2. The smallest absolute Gasteiger partial charge is 0.122 e. The molecule has 0 aromatic heterocycles. The molecule has 3 heteroatoms. The molecule has 1 aromatic rings. The number of benzene rings is 1. The van der Waals surface area contributed by atoms with Crippen molar-refractivity contribution in [2.24, 2.45) is 0 Å². The van der Waals surface area contributed by atoms with Gasteiger partial charge in [0.1, 0.15) is 5.75 Å². The van der Waals surface area contributed by atoms with Crippen LogP contribution in [0.3, 0.4) is 0 Å². The normalized spacial score (nSPS) is 13.9. The van der Waals surface area contributed by atoms with Gasteiger partial charge in [-0.2, -0.15) is 0 Å². The molecule has 1 rings (SSSR count). The van der Waals surface area contributed by atoms with Crippen molar-refractivity contribution in [2.45, 2.75) is 187 Å². The van der Waals surface area contributed by atoms with Crippen LogP contribution in [-0.2, 0) is 11.5 Å². The molecule has 0 aliphatic carbocycles. The Morgan fingerprint density at radius 3 is 1.24 bits per heavy atom. The summed E-state index contributed by atoms with van der Waals surface area (Å²) in [6.07, 6.45) is 30.9. The van der Waals surface area contributed by atoms with E-state index in [9.17, 15) is 5.11 Å². The summed E-state index contributed by atoms with van der Waals surface area (Å²) in [4.78, 5) is 0. The summed E-state index contributed by atoms with van der Waals surface area (Å²) in [7, 11) is 0.0419. The first-order valence-electron chi connectivity index (χ1n) is 18.8. The zero-order valence-electron chi connectivity index (χ0n) is 29.3. The third kappa shape index (κ3) is 20.6.